The molecule has 2 amide bonds. The molecule has 166 valence electrons. The Hall–Kier alpha value is -3.61. The number of aryl methyl sites for hydroxylation is 1. The molecule has 4 rings (SSSR count). The van der Waals surface area contributed by atoms with Crippen molar-refractivity contribution in [3.63, 3.8) is 0 Å². The van der Waals surface area contributed by atoms with E-state index in [0.717, 1.165) is 23.3 Å². The number of nitrogens with zero attached hydrogens (tertiary/aromatic N) is 3. The predicted octanol–water partition coefficient (Wildman–Crippen LogP) is 3.65. The molecule has 0 unspecified atom stereocenters. The number of amides is 2. The summed E-state index contributed by atoms with van der Waals surface area (Å²) >= 11 is 0. The van der Waals surface area contributed by atoms with E-state index in [1.54, 1.807) is 10.7 Å². The van der Waals surface area contributed by atoms with Gasteiger partial charge in [-0.2, -0.15) is 5.10 Å². The van der Waals surface area contributed by atoms with Crippen molar-refractivity contribution in [2.75, 3.05) is 6.54 Å². The first-order chi connectivity index (χ1) is 15.5. The van der Waals surface area contributed by atoms with E-state index in [-0.39, 0.29) is 23.6 Å². The molecule has 0 bridgehead atoms. The molecular formula is C25H28N4O3. The van der Waals surface area contributed by atoms with E-state index in [1.807, 2.05) is 73.3 Å². The summed E-state index contributed by atoms with van der Waals surface area (Å²) in [6.45, 7) is 6.14. The van der Waals surface area contributed by atoms with Gasteiger partial charge in [0.15, 0.2) is 5.69 Å². The fourth-order valence-electron chi connectivity index (χ4n) is 3.73. The molecule has 0 spiro atoms. The summed E-state index contributed by atoms with van der Waals surface area (Å²) in [5, 5.41) is 7.28. The number of ether oxygens (including phenoxy) is 1. The average molecular weight is 433 g/mol. The number of rotatable bonds is 7. The van der Waals surface area contributed by atoms with Crippen LogP contribution < -0.4 is 10.1 Å². The molecule has 7 heteroatoms. The van der Waals surface area contributed by atoms with Gasteiger partial charge in [0.05, 0.1) is 6.10 Å². The van der Waals surface area contributed by atoms with Crippen LogP contribution in [-0.2, 0) is 19.6 Å². The first-order valence-electron chi connectivity index (χ1n) is 10.9. The second-order valence-electron chi connectivity index (χ2n) is 8.20. The van der Waals surface area contributed by atoms with Crippen LogP contribution in [0.2, 0.25) is 0 Å². The lowest BCUT2D eigenvalue weighted by molar-refractivity contribution is 0.0745. The molecule has 7 nitrogen and oxygen atoms in total. The highest BCUT2D eigenvalue weighted by molar-refractivity contribution is 5.98. The number of carbonyl (C=O) groups is 2. The van der Waals surface area contributed by atoms with E-state index in [0.29, 0.717) is 31.9 Å². The highest BCUT2D eigenvalue weighted by Crippen LogP contribution is 2.17. The van der Waals surface area contributed by atoms with Gasteiger partial charge in [-0.05, 0) is 43.5 Å². The lowest BCUT2D eigenvalue weighted by Crippen LogP contribution is -2.30. The van der Waals surface area contributed by atoms with Crippen molar-refractivity contribution < 1.29 is 14.3 Å². The van der Waals surface area contributed by atoms with Crippen molar-refractivity contribution in [2.24, 2.45) is 0 Å². The van der Waals surface area contributed by atoms with E-state index >= 15 is 0 Å². The predicted molar refractivity (Wildman–Crippen MR) is 121 cm³/mol. The Kier molecular flexibility index (Phi) is 6.54. The third kappa shape index (κ3) is 5.17. The Morgan fingerprint density at radius 1 is 1.06 bits per heavy atom. The van der Waals surface area contributed by atoms with Gasteiger partial charge in [-0.3, -0.25) is 14.3 Å². The first kappa shape index (κ1) is 21.6. The fourth-order valence-corrected chi connectivity index (χ4v) is 3.73. The lowest BCUT2D eigenvalue weighted by atomic mass is 10.2. The highest BCUT2D eigenvalue weighted by atomic mass is 16.5. The second-order valence-corrected chi connectivity index (χ2v) is 8.20. The van der Waals surface area contributed by atoms with Gasteiger partial charge >= 0.3 is 0 Å². The summed E-state index contributed by atoms with van der Waals surface area (Å²) in [6.07, 6.45) is 0.905. The molecule has 0 atom stereocenters. The Morgan fingerprint density at radius 3 is 2.53 bits per heavy atom. The van der Waals surface area contributed by atoms with Gasteiger partial charge < -0.3 is 15.0 Å². The Labute approximate surface area is 188 Å². The van der Waals surface area contributed by atoms with Gasteiger partial charge in [-0.15, -0.1) is 0 Å². The largest absolute Gasteiger partial charge is 0.491 e. The molecule has 1 N–H and O–H groups in total. The molecule has 0 saturated heterocycles. The molecule has 1 aliphatic heterocycles. The highest BCUT2D eigenvalue weighted by Gasteiger charge is 2.26. The van der Waals surface area contributed by atoms with Crippen molar-refractivity contribution in [1.29, 1.82) is 0 Å². The van der Waals surface area contributed by atoms with E-state index < -0.39 is 0 Å². The molecule has 32 heavy (non-hydrogen) atoms. The van der Waals surface area contributed by atoms with Crippen LogP contribution in [0.5, 0.6) is 5.75 Å². The van der Waals surface area contributed by atoms with Crippen LogP contribution in [0.3, 0.4) is 0 Å². The number of carbonyl (C=O) groups excluding carboxylic acids is 2. The molecule has 2 aromatic carbocycles. The van der Waals surface area contributed by atoms with E-state index in [9.17, 15) is 9.59 Å². The molecule has 0 saturated carbocycles. The molecule has 0 fully saturated rings. The van der Waals surface area contributed by atoms with Crippen molar-refractivity contribution in [1.82, 2.24) is 20.0 Å². The molecule has 3 aromatic rings. The van der Waals surface area contributed by atoms with Crippen LogP contribution in [-0.4, -0.2) is 39.1 Å². The third-order valence-electron chi connectivity index (χ3n) is 5.28. The van der Waals surface area contributed by atoms with E-state index in [4.69, 9.17) is 4.74 Å². The Morgan fingerprint density at radius 2 is 1.81 bits per heavy atom. The van der Waals surface area contributed by atoms with Crippen molar-refractivity contribution in [3.05, 3.63) is 83.2 Å². The lowest BCUT2D eigenvalue weighted by Gasteiger charge is -2.20. The van der Waals surface area contributed by atoms with Crippen molar-refractivity contribution in [3.8, 4) is 5.75 Å². The van der Waals surface area contributed by atoms with Gasteiger partial charge in [0.2, 0.25) is 0 Å². The molecule has 2 heterocycles. The second kappa shape index (κ2) is 9.68. The fraction of sp³-hybridized carbons (Fsp3) is 0.320. The zero-order chi connectivity index (χ0) is 22.5. The Bertz CT molecular complexity index is 1070. The van der Waals surface area contributed by atoms with Crippen LogP contribution in [0.4, 0.5) is 0 Å². The van der Waals surface area contributed by atoms with Crippen molar-refractivity contribution in [2.45, 2.75) is 46.0 Å². The number of aromatic nitrogens is 2. The summed E-state index contributed by atoms with van der Waals surface area (Å²) in [4.78, 5) is 27.6. The summed E-state index contributed by atoms with van der Waals surface area (Å²) in [5.74, 6) is 0.403. The van der Waals surface area contributed by atoms with Gasteiger partial charge in [0.25, 0.3) is 11.8 Å². The average Bonchev–Trinajstić information content (AvgIpc) is 3.16. The van der Waals surface area contributed by atoms with E-state index in [1.165, 1.54) is 0 Å². The Balaban J connectivity index is 1.40. The van der Waals surface area contributed by atoms with Gasteiger partial charge in [-0.25, -0.2) is 0 Å². The number of hydrogen-bond acceptors (Lipinski definition) is 4. The normalized spacial score (nSPS) is 13.6. The van der Waals surface area contributed by atoms with Crippen LogP contribution in [0.25, 0.3) is 0 Å². The maximum absolute atomic E-state index is 13.1. The van der Waals surface area contributed by atoms with Gasteiger partial charge in [0.1, 0.15) is 11.4 Å². The smallest absolute Gasteiger partial charge is 0.272 e. The van der Waals surface area contributed by atoms with Gasteiger partial charge in [-0.1, -0.05) is 42.5 Å². The van der Waals surface area contributed by atoms with Crippen molar-refractivity contribution >= 4 is 11.8 Å². The standard InChI is InChI=1S/C25H28N4O3/c1-18(2)32-21-11-9-19(10-12-21)16-26-24(30)22-15-23-25(31)28(13-6-14-29(23)27-22)17-20-7-4-3-5-8-20/h3-5,7-12,15,18H,6,13-14,16-17H2,1-2H3,(H,26,30). The molecule has 1 aliphatic rings. The third-order valence-corrected chi connectivity index (χ3v) is 5.28. The van der Waals surface area contributed by atoms with Crippen LogP contribution >= 0.6 is 0 Å². The number of hydrogen-bond donors (Lipinski definition) is 1. The minimum Gasteiger partial charge on any atom is -0.491 e. The number of fused-ring (bicyclic) bond motifs is 1. The molecular weight excluding hydrogens is 404 g/mol. The zero-order valence-electron chi connectivity index (χ0n) is 18.5. The topological polar surface area (TPSA) is 76.5 Å². The minimum atomic E-state index is -0.296. The van der Waals surface area contributed by atoms with Crippen LogP contribution in [0.15, 0.2) is 60.7 Å². The summed E-state index contributed by atoms with van der Waals surface area (Å²) in [7, 11) is 0. The zero-order valence-corrected chi connectivity index (χ0v) is 18.5. The maximum atomic E-state index is 13.1. The quantitative estimate of drug-likeness (QED) is 0.618. The van der Waals surface area contributed by atoms with Gasteiger partial charge in [0, 0.05) is 32.2 Å². The summed E-state index contributed by atoms with van der Waals surface area (Å²) in [5.41, 5.74) is 2.75. The summed E-state index contributed by atoms with van der Waals surface area (Å²) < 4.78 is 7.29. The minimum absolute atomic E-state index is 0.0985. The molecule has 0 radical (unpaired) electrons. The molecule has 1 aromatic heterocycles. The SMILES string of the molecule is CC(C)Oc1ccc(CNC(=O)c2cc3n(n2)CCCN(Cc2ccccc2)C3=O)cc1. The maximum Gasteiger partial charge on any atom is 0.272 e. The number of benzene rings is 2. The van der Waals surface area contributed by atoms with Crippen LogP contribution in [0, 0.1) is 0 Å². The summed E-state index contributed by atoms with van der Waals surface area (Å²) in [6, 6.07) is 19.1. The van der Waals surface area contributed by atoms with E-state index in [2.05, 4.69) is 10.4 Å². The first-order valence-corrected chi connectivity index (χ1v) is 10.9. The van der Waals surface area contributed by atoms with Crippen LogP contribution in [0.1, 0.15) is 52.4 Å². The monoisotopic (exact) mass is 432 g/mol. The molecule has 0 aliphatic carbocycles. The number of nitrogens with one attached hydrogen (secondary N) is 1.